The van der Waals surface area contributed by atoms with Crippen LogP contribution in [0.25, 0.3) is 10.2 Å². The van der Waals surface area contributed by atoms with E-state index in [9.17, 15) is 9.59 Å². The summed E-state index contributed by atoms with van der Waals surface area (Å²) in [5.74, 6) is -0.982. The molecule has 0 saturated heterocycles. The van der Waals surface area contributed by atoms with E-state index in [1.165, 1.54) is 11.3 Å². The standard InChI is InChI=1S/C14H16N2O3S2/c1-2-14(4-5-14)8-16-12(19)11-9(3-6-20-11)15-13(16)21-7-10(17)18/h3,6H,2,4-5,7-8H2,1H3,(H,17,18). The number of hydrogen-bond donors (Lipinski definition) is 1. The maximum Gasteiger partial charge on any atom is 0.313 e. The quantitative estimate of drug-likeness (QED) is 0.653. The lowest BCUT2D eigenvalue weighted by atomic mass is 10.0. The Morgan fingerprint density at radius 1 is 1.57 bits per heavy atom. The van der Waals surface area contributed by atoms with Crippen LogP contribution in [0.5, 0.6) is 0 Å². The molecule has 2 heterocycles. The van der Waals surface area contributed by atoms with Gasteiger partial charge in [0, 0.05) is 6.54 Å². The van der Waals surface area contributed by atoms with Gasteiger partial charge in [0.2, 0.25) is 0 Å². The van der Waals surface area contributed by atoms with Crippen LogP contribution in [-0.4, -0.2) is 26.4 Å². The second-order valence-electron chi connectivity index (χ2n) is 5.46. The van der Waals surface area contributed by atoms with Gasteiger partial charge in [-0.05, 0) is 36.1 Å². The maximum absolute atomic E-state index is 12.6. The van der Waals surface area contributed by atoms with Crippen molar-refractivity contribution in [3.63, 3.8) is 0 Å². The third kappa shape index (κ3) is 2.85. The molecule has 2 aromatic rings. The Morgan fingerprint density at radius 2 is 2.33 bits per heavy atom. The van der Waals surface area contributed by atoms with Crippen LogP contribution < -0.4 is 5.56 Å². The molecule has 0 radical (unpaired) electrons. The van der Waals surface area contributed by atoms with Gasteiger partial charge in [-0.3, -0.25) is 14.2 Å². The van der Waals surface area contributed by atoms with Crippen molar-refractivity contribution in [1.82, 2.24) is 9.55 Å². The number of rotatable bonds is 6. The minimum atomic E-state index is -0.900. The molecule has 2 aromatic heterocycles. The topological polar surface area (TPSA) is 72.2 Å². The summed E-state index contributed by atoms with van der Waals surface area (Å²) in [6, 6.07) is 1.81. The molecular weight excluding hydrogens is 308 g/mol. The van der Waals surface area contributed by atoms with Crippen molar-refractivity contribution in [3.8, 4) is 0 Å². The zero-order chi connectivity index (χ0) is 15.0. The van der Waals surface area contributed by atoms with Gasteiger partial charge in [0.25, 0.3) is 5.56 Å². The van der Waals surface area contributed by atoms with Crippen molar-refractivity contribution in [2.45, 2.75) is 37.9 Å². The van der Waals surface area contributed by atoms with Gasteiger partial charge in [0.05, 0.1) is 11.3 Å². The Balaban J connectivity index is 2.04. The summed E-state index contributed by atoms with van der Waals surface area (Å²) in [5.41, 5.74) is 0.827. The minimum absolute atomic E-state index is 0.0392. The van der Waals surface area contributed by atoms with Crippen LogP contribution in [0.2, 0.25) is 0 Å². The van der Waals surface area contributed by atoms with Crippen molar-refractivity contribution in [2.75, 3.05) is 5.75 Å². The van der Waals surface area contributed by atoms with Gasteiger partial charge >= 0.3 is 5.97 Å². The number of aliphatic carboxylic acids is 1. The van der Waals surface area contributed by atoms with Crippen molar-refractivity contribution in [1.29, 1.82) is 0 Å². The zero-order valence-electron chi connectivity index (χ0n) is 11.7. The highest BCUT2D eigenvalue weighted by atomic mass is 32.2. The number of carbonyl (C=O) groups is 1. The number of hydrogen-bond acceptors (Lipinski definition) is 5. The Kier molecular flexibility index (Phi) is 3.79. The van der Waals surface area contributed by atoms with Gasteiger partial charge in [-0.2, -0.15) is 0 Å². The third-order valence-corrected chi connectivity index (χ3v) is 5.91. The highest BCUT2D eigenvalue weighted by molar-refractivity contribution is 7.99. The fourth-order valence-electron chi connectivity index (χ4n) is 2.43. The summed E-state index contributed by atoms with van der Waals surface area (Å²) in [6.45, 7) is 2.78. The van der Waals surface area contributed by atoms with Crippen LogP contribution in [0.1, 0.15) is 26.2 Å². The number of carboxylic acids is 1. The molecule has 5 nitrogen and oxygen atoms in total. The molecule has 0 bridgehead atoms. The Bertz CT molecular complexity index is 746. The molecule has 0 atom stereocenters. The molecule has 0 aromatic carbocycles. The number of carboxylic acid groups (broad SMARTS) is 1. The van der Waals surface area contributed by atoms with Crippen LogP contribution in [-0.2, 0) is 11.3 Å². The average Bonchev–Trinajstić information content (AvgIpc) is 3.07. The normalized spacial score (nSPS) is 16.2. The molecule has 112 valence electrons. The molecule has 0 aliphatic heterocycles. The molecule has 0 amide bonds. The lowest BCUT2D eigenvalue weighted by Gasteiger charge is -2.17. The minimum Gasteiger partial charge on any atom is -0.481 e. The number of thiophene rings is 1. The van der Waals surface area contributed by atoms with Crippen molar-refractivity contribution in [3.05, 3.63) is 21.8 Å². The largest absolute Gasteiger partial charge is 0.481 e. The number of fused-ring (bicyclic) bond motifs is 1. The summed E-state index contributed by atoms with van der Waals surface area (Å²) < 4.78 is 2.34. The molecule has 1 aliphatic carbocycles. The van der Waals surface area contributed by atoms with Crippen molar-refractivity contribution in [2.24, 2.45) is 5.41 Å². The maximum atomic E-state index is 12.6. The SMILES string of the molecule is CCC1(Cn2c(SCC(=O)O)nc3ccsc3c2=O)CC1. The van der Waals surface area contributed by atoms with E-state index in [0.717, 1.165) is 31.0 Å². The molecule has 1 N–H and O–H groups in total. The first-order chi connectivity index (χ1) is 10.0. The number of aromatic nitrogens is 2. The predicted molar refractivity (Wildman–Crippen MR) is 84.2 cm³/mol. The first-order valence-electron chi connectivity index (χ1n) is 6.87. The molecule has 0 unspecified atom stereocenters. The van der Waals surface area contributed by atoms with E-state index in [2.05, 4.69) is 11.9 Å². The summed E-state index contributed by atoms with van der Waals surface area (Å²) in [6.07, 6.45) is 3.29. The van der Waals surface area contributed by atoms with E-state index in [0.29, 0.717) is 21.9 Å². The monoisotopic (exact) mass is 324 g/mol. The van der Waals surface area contributed by atoms with E-state index in [1.807, 2.05) is 11.4 Å². The van der Waals surface area contributed by atoms with E-state index >= 15 is 0 Å². The van der Waals surface area contributed by atoms with Crippen LogP contribution in [0, 0.1) is 5.41 Å². The van der Waals surface area contributed by atoms with Crippen molar-refractivity contribution >= 4 is 39.3 Å². The van der Waals surface area contributed by atoms with Gasteiger partial charge in [0.15, 0.2) is 5.16 Å². The zero-order valence-corrected chi connectivity index (χ0v) is 13.3. The van der Waals surface area contributed by atoms with Gasteiger partial charge in [0.1, 0.15) is 4.70 Å². The van der Waals surface area contributed by atoms with E-state index < -0.39 is 5.97 Å². The molecule has 1 fully saturated rings. The Labute approximate surface area is 130 Å². The molecule has 0 spiro atoms. The smallest absolute Gasteiger partial charge is 0.313 e. The van der Waals surface area contributed by atoms with Crippen LogP contribution in [0.3, 0.4) is 0 Å². The molecule has 3 rings (SSSR count). The Morgan fingerprint density at radius 3 is 2.95 bits per heavy atom. The fraction of sp³-hybridized carbons (Fsp3) is 0.500. The molecular formula is C14H16N2O3S2. The van der Waals surface area contributed by atoms with Gasteiger partial charge in [-0.15, -0.1) is 11.3 Å². The van der Waals surface area contributed by atoms with Gasteiger partial charge < -0.3 is 5.11 Å². The summed E-state index contributed by atoms with van der Waals surface area (Å²) >= 11 is 2.52. The second kappa shape index (κ2) is 5.46. The molecule has 1 aliphatic rings. The first kappa shape index (κ1) is 14.6. The van der Waals surface area contributed by atoms with Gasteiger partial charge in [-0.1, -0.05) is 18.7 Å². The highest BCUT2D eigenvalue weighted by Crippen LogP contribution is 2.50. The van der Waals surface area contributed by atoms with Crippen LogP contribution in [0.15, 0.2) is 21.4 Å². The number of nitrogens with zero attached hydrogens (tertiary/aromatic N) is 2. The molecule has 7 heteroatoms. The summed E-state index contributed by atoms with van der Waals surface area (Å²) in [5, 5.41) is 11.2. The van der Waals surface area contributed by atoms with Crippen molar-refractivity contribution < 1.29 is 9.90 Å². The Hall–Kier alpha value is -1.34. The van der Waals surface area contributed by atoms with Crippen LogP contribution >= 0.6 is 23.1 Å². The van der Waals surface area contributed by atoms with E-state index in [4.69, 9.17) is 5.11 Å². The fourth-order valence-corrected chi connectivity index (χ4v) is 3.93. The molecule has 21 heavy (non-hydrogen) atoms. The van der Waals surface area contributed by atoms with E-state index in [-0.39, 0.29) is 16.7 Å². The average molecular weight is 324 g/mol. The lowest BCUT2D eigenvalue weighted by molar-refractivity contribution is -0.133. The van der Waals surface area contributed by atoms with Crippen LogP contribution in [0.4, 0.5) is 0 Å². The molecule has 1 saturated carbocycles. The van der Waals surface area contributed by atoms with Gasteiger partial charge in [-0.25, -0.2) is 4.98 Å². The summed E-state index contributed by atoms with van der Waals surface area (Å²) in [4.78, 5) is 27.9. The van der Waals surface area contributed by atoms with E-state index in [1.54, 1.807) is 4.57 Å². The predicted octanol–water partition coefficient (Wildman–Crippen LogP) is 2.82. The summed E-state index contributed by atoms with van der Waals surface area (Å²) in [7, 11) is 0. The second-order valence-corrected chi connectivity index (χ2v) is 7.32. The highest BCUT2D eigenvalue weighted by Gasteiger charge is 2.41. The first-order valence-corrected chi connectivity index (χ1v) is 8.74. The third-order valence-electron chi connectivity index (χ3n) is 4.06. The lowest BCUT2D eigenvalue weighted by Crippen LogP contribution is -2.27. The number of thioether (sulfide) groups is 1.